The number of nitriles is 2. The average Bonchev–Trinajstić information content (AvgIpc) is 2.71. The molecular weight excluding hydrogens is 312 g/mol. The van der Waals surface area contributed by atoms with Crippen LogP contribution in [-0.4, -0.2) is 13.1 Å². The maximum atomic E-state index is 11.6. The summed E-state index contributed by atoms with van der Waals surface area (Å²) < 4.78 is 4.72. The number of esters is 1. The molecule has 0 saturated carbocycles. The second-order valence-electron chi connectivity index (χ2n) is 6.17. The molecule has 0 amide bonds. The molecule has 1 atom stereocenters. The third-order valence-electron chi connectivity index (χ3n) is 4.61. The number of rotatable bonds is 2. The molecule has 1 unspecified atom stereocenters. The summed E-state index contributed by atoms with van der Waals surface area (Å²) >= 11 is 0. The van der Waals surface area contributed by atoms with Crippen LogP contribution in [0.15, 0.2) is 48.6 Å². The Morgan fingerprint density at radius 1 is 1.08 bits per heavy atom. The normalized spacial score (nSPS) is 22.4. The Balaban J connectivity index is 2.43. The lowest BCUT2D eigenvalue weighted by molar-refractivity contribution is 0.0600. The zero-order valence-electron chi connectivity index (χ0n) is 14.4. The number of hydrogen-bond acceptors (Lipinski definition) is 4. The highest BCUT2D eigenvalue weighted by atomic mass is 16.5. The molecule has 0 heterocycles. The van der Waals surface area contributed by atoms with Crippen LogP contribution < -0.4 is 0 Å². The standard InChI is InChI=1S/C21H22N2O2/c1-25-20(24)18-12-10-17(11-13-18)19-9-7-5-3-2-4-6-8-14-21(19,15-22)16-23/h5-8,10-13,19H,2-4,9,14H2,1H3/b7-5+,8-6+. The molecule has 1 aromatic carbocycles. The molecule has 0 radical (unpaired) electrons. The van der Waals surface area contributed by atoms with E-state index in [-0.39, 0.29) is 5.92 Å². The van der Waals surface area contributed by atoms with Crippen molar-refractivity contribution in [1.29, 1.82) is 10.5 Å². The summed E-state index contributed by atoms with van der Waals surface area (Å²) in [4.78, 5) is 11.6. The van der Waals surface area contributed by atoms with Gasteiger partial charge < -0.3 is 4.74 Å². The van der Waals surface area contributed by atoms with Gasteiger partial charge in [0.1, 0.15) is 0 Å². The number of benzene rings is 1. The molecule has 4 nitrogen and oxygen atoms in total. The molecule has 25 heavy (non-hydrogen) atoms. The summed E-state index contributed by atoms with van der Waals surface area (Å²) in [5, 5.41) is 19.6. The number of nitrogens with zero attached hydrogens (tertiary/aromatic N) is 2. The Kier molecular flexibility index (Phi) is 6.54. The van der Waals surface area contributed by atoms with Crippen LogP contribution in [0.5, 0.6) is 0 Å². The van der Waals surface area contributed by atoms with Crippen LogP contribution in [0.3, 0.4) is 0 Å². The van der Waals surface area contributed by atoms with Crippen LogP contribution in [0.1, 0.15) is 53.9 Å². The predicted octanol–water partition coefficient (Wildman–Crippen LogP) is 4.67. The minimum Gasteiger partial charge on any atom is -0.465 e. The number of carbonyl (C=O) groups excluding carboxylic acids is 1. The van der Waals surface area contributed by atoms with Gasteiger partial charge in [0.2, 0.25) is 0 Å². The van der Waals surface area contributed by atoms with Gasteiger partial charge >= 0.3 is 5.97 Å². The Labute approximate surface area is 149 Å². The van der Waals surface area contributed by atoms with E-state index >= 15 is 0 Å². The van der Waals surface area contributed by atoms with E-state index in [2.05, 4.69) is 30.4 Å². The van der Waals surface area contributed by atoms with Gasteiger partial charge in [0.25, 0.3) is 0 Å². The summed E-state index contributed by atoms with van der Waals surface area (Å²) in [6.07, 6.45) is 12.2. The van der Waals surface area contributed by atoms with Gasteiger partial charge in [-0.05, 0) is 49.8 Å². The first kappa shape index (κ1) is 18.5. The molecule has 0 aromatic heterocycles. The molecular formula is C21H22N2O2. The van der Waals surface area contributed by atoms with Crippen LogP contribution in [-0.2, 0) is 4.74 Å². The van der Waals surface area contributed by atoms with E-state index in [1.165, 1.54) is 7.11 Å². The number of carbonyl (C=O) groups is 1. The number of methoxy groups -OCH3 is 1. The summed E-state index contributed by atoms with van der Waals surface area (Å²) in [5.74, 6) is -0.656. The van der Waals surface area contributed by atoms with Crippen molar-refractivity contribution >= 4 is 5.97 Å². The lowest BCUT2D eigenvalue weighted by Gasteiger charge is -2.28. The molecule has 1 aromatic rings. The fourth-order valence-electron chi connectivity index (χ4n) is 3.10. The highest BCUT2D eigenvalue weighted by Gasteiger charge is 2.39. The van der Waals surface area contributed by atoms with Crippen molar-refractivity contribution in [1.82, 2.24) is 0 Å². The van der Waals surface area contributed by atoms with Gasteiger partial charge in [0.05, 0.1) is 24.8 Å². The highest BCUT2D eigenvalue weighted by molar-refractivity contribution is 5.89. The van der Waals surface area contributed by atoms with E-state index in [0.29, 0.717) is 18.4 Å². The monoisotopic (exact) mass is 334 g/mol. The van der Waals surface area contributed by atoms with Gasteiger partial charge in [0.15, 0.2) is 5.41 Å². The second-order valence-corrected chi connectivity index (χ2v) is 6.17. The topological polar surface area (TPSA) is 73.9 Å². The van der Waals surface area contributed by atoms with Gasteiger partial charge in [-0.25, -0.2) is 4.79 Å². The molecule has 0 spiro atoms. The van der Waals surface area contributed by atoms with E-state index in [0.717, 1.165) is 24.8 Å². The molecule has 0 fully saturated rings. The summed E-state index contributed by atoms with van der Waals surface area (Å²) in [6.45, 7) is 0. The zero-order valence-corrected chi connectivity index (χ0v) is 14.4. The highest BCUT2D eigenvalue weighted by Crippen LogP contribution is 2.41. The first-order chi connectivity index (χ1) is 12.2. The number of allylic oxidation sites excluding steroid dienone is 4. The van der Waals surface area contributed by atoms with Crippen LogP contribution in [0.4, 0.5) is 0 Å². The summed E-state index contributed by atoms with van der Waals surface area (Å²) in [7, 11) is 1.34. The maximum Gasteiger partial charge on any atom is 0.337 e. The molecule has 1 aliphatic rings. The Hall–Kier alpha value is -2.85. The molecule has 4 heteroatoms. The lowest BCUT2D eigenvalue weighted by Crippen LogP contribution is -2.25. The predicted molar refractivity (Wildman–Crippen MR) is 95.5 cm³/mol. The second kappa shape index (κ2) is 8.85. The van der Waals surface area contributed by atoms with Gasteiger partial charge in [-0.15, -0.1) is 0 Å². The van der Waals surface area contributed by atoms with Gasteiger partial charge in [0, 0.05) is 5.92 Å². The smallest absolute Gasteiger partial charge is 0.337 e. The molecule has 2 rings (SSSR count). The quantitative estimate of drug-likeness (QED) is 0.582. The average molecular weight is 334 g/mol. The van der Waals surface area contributed by atoms with Crippen molar-refractivity contribution in [3.63, 3.8) is 0 Å². The van der Waals surface area contributed by atoms with Crippen LogP contribution in [0, 0.1) is 28.1 Å². The largest absolute Gasteiger partial charge is 0.465 e. The zero-order chi connectivity index (χ0) is 18.1. The lowest BCUT2D eigenvalue weighted by atomic mass is 9.70. The maximum absolute atomic E-state index is 11.6. The van der Waals surface area contributed by atoms with E-state index < -0.39 is 11.4 Å². The third kappa shape index (κ3) is 4.37. The van der Waals surface area contributed by atoms with Crippen molar-refractivity contribution in [3.8, 4) is 12.1 Å². The molecule has 128 valence electrons. The molecule has 1 aliphatic carbocycles. The summed E-state index contributed by atoms with van der Waals surface area (Å²) in [5.41, 5.74) is 0.212. The third-order valence-corrected chi connectivity index (χ3v) is 4.61. The SMILES string of the molecule is COC(=O)c1ccc(C2C/C=C/CCC/C=C/CC2(C#N)C#N)cc1. The Morgan fingerprint density at radius 2 is 1.72 bits per heavy atom. The van der Waals surface area contributed by atoms with E-state index in [1.54, 1.807) is 12.1 Å². The summed E-state index contributed by atoms with van der Waals surface area (Å²) in [6, 6.07) is 11.5. The van der Waals surface area contributed by atoms with Gasteiger partial charge in [-0.2, -0.15) is 10.5 Å². The first-order valence-corrected chi connectivity index (χ1v) is 8.47. The molecule has 0 bridgehead atoms. The van der Waals surface area contributed by atoms with Crippen molar-refractivity contribution in [2.45, 2.75) is 38.0 Å². The Bertz CT molecular complexity index is 719. The minimum absolute atomic E-state index is 0.256. The molecule has 0 N–H and O–H groups in total. The van der Waals surface area contributed by atoms with Crippen molar-refractivity contribution in [2.75, 3.05) is 7.11 Å². The Morgan fingerprint density at radius 3 is 2.32 bits per heavy atom. The van der Waals surface area contributed by atoms with E-state index in [9.17, 15) is 15.3 Å². The molecule has 0 aliphatic heterocycles. The first-order valence-electron chi connectivity index (χ1n) is 8.47. The van der Waals surface area contributed by atoms with Crippen LogP contribution >= 0.6 is 0 Å². The van der Waals surface area contributed by atoms with E-state index in [4.69, 9.17) is 4.74 Å². The fraction of sp³-hybridized carbons (Fsp3) is 0.381. The minimum atomic E-state index is -1.13. The number of hydrogen-bond donors (Lipinski definition) is 0. The van der Waals surface area contributed by atoms with Gasteiger partial charge in [-0.1, -0.05) is 36.4 Å². The van der Waals surface area contributed by atoms with Crippen molar-refractivity contribution in [3.05, 3.63) is 59.7 Å². The number of ether oxygens (including phenoxy) is 1. The van der Waals surface area contributed by atoms with E-state index in [1.807, 2.05) is 18.2 Å². The van der Waals surface area contributed by atoms with Crippen molar-refractivity contribution in [2.24, 2.45) is 5.41 Å². The van der Waals surface area contributed by atoms with Crippen LogP contribution in [0.2, 0.25) is 0 Å². The van der Waals surface area contributed by atoms with Crippen molar-refractivity contribution < 1.29 is 9.53 Å². The van der Waals surface area contributed by atoms with Gasteiger partial charge in [-0.3, -0.25) is 0 Å². The molecule has 0 saturated heterocycles. The van der Waals surface area contributed by atoms with Crippen LogP contribution in [0.25, 0.3) is 0 Å². The fourth-order valence-corrected chi connectivity index (χ4v) is 3.10.